The van der Waals surface area contributed by atoms with Gasteiger partial charge in [0, 0.05) is 11.5 Å². The Kier molecular flexibility index (Phi) is 3.40. The molecular formula is C11H13NO2. The van der Waals surface area contributed by atoms with E-state index in [9.17, 15) is 4.79 Å². The number of Topliss-reactive ketones (excluding diaryl/α,β-unsaturated/α-hetero) is 1. The first-order chi connectivity index (χ1) is 6.66. The summed E-state index contributed by atoms with van der Waals surface area (Å²) in [5.41, 5.74) is 0.741. The highest BCUT2D eigenvalue weighted by Gasteiger charge is 2.17. The Labute approximate surface area is 83.1 Å². The monoisotopic (exact) mass is 191 g/mol. The van der Waals surface area contributed by atoms with E-state index in [1.54, 1.807) is 24.3 Å². The Hall–Kier alpha value is -1.64. The first-order valence-electron chi connectivity index (χ1n) is 4.48. The quantitative estimate of drug-likeness (QED) is 0.345. The Morgan fingerprint density at radius 3 is 2.29 bits per heavy atom. The summed E-state index contributed by atoms with van der Waals surface area (Å²) in [6, 6.07) is 8.80. The molecular weight excluding hydrogens is 178 g/mol. The second kappa shape index (κ2) is 4.56. The van der Waals surface area contributed by atoms with Gasteiger partial charge in [-0.1, -0.05) is 49.3 Å². The van der Waals surface area contributed by atoms with Crippen LogP contribution in [0.3, 0.4) is 0 Å². The number of ketones is 1. The molecule has 0 aliphatic heterocycles. The lowest BCUT2D eigenvalue weighted by Crippen LogP contribution is -2.20. The highest BCUT2D eigenvalue weighted by molar-refractivity contribution is 6.46. The molecule has 0 fully saturated rings. The Morgan fingerprint density at radius 2 is 1.86 bits per heavy atom. The third-order valence-corrected chi connectivity index (χ3v) is 1.92. The molecule has 1 aromatic rings. The lowest BCUT2D eigenvalue weighted by molar-refractivity contribution is 0.105. The van der Waals surface area contributed by atoms with Crippen LogP contribution in [0.1, 0.15) is 24.2 Å². The summed E-state index contributed by atoms with van der Waals surface area (Å²) >= 11 is 0. The predicted molar refractivity (Wildman–Crippen MR) is 54.8 cm³/mol. The van der Waals surface area contributed by atoms with Crippen LogP contribution in [0.5, 0.6) is 0 Å². The Bertz CT molecular complexity index is 342. The summed E-state index contributed by atoms with van der Waals surface area (Å²) in [5, 5.41) is 11.7. The van der Waals surface area contributed by atoms with Crippen LogP contribution in [0.25, 0.3) is 0 Å². The van der Waals surface area contributed by atoms with Crippen LogP contribution in [-0.4, -0.2) is 16.7 Å². The molecule has 0 radical (unpaired) electrons. The molecule has 0 amide bonds. The molecule has 0 heterocycles. The van der Waals surface area contributed by atoms with Gasteiger partial charge in [0.15, 0.2) is 0 Å². The molecule has 0 aliphatic rings. The average Bonchev–Trinajstić information content (AvgIpc) is 2.19. The second-order valence-electron chi connectivity index (χ2n) is 3.34. The zero-order chi connectivity index (χ0) is 10.6. The van der Waals surface area contributed by atoms with Gasteiger partial charge in [-0.3, -0.25) is 4.79 Å². The van der Waals surface area contributed by atoms with Gasteiger partial charge in [-0.05, 0) is 0 Å². The van der Waals surface area contributed by atoms with Crippen LogP contribution < -0.4 is 0 Å². The zero-order valence-electron chi connectivity index (χ0n) is 8.27. The first kappa shape index (κ1) is 10.4. The molecule has 1 rings (SSSR count). The molecule has 1 N–H and O–H groups in total. The topological polar surface area (TPSA) is 49.7 Å². The number of rotatable bonds is 3. The first-order valence-corrected chi connectivity index (χ1v) is 4.48. The molecule has 0 spiro atoms. The number of hydrogen-bond acceptors (Lipinski definition) is 3. The van der Waals surface area contributed by atoms with Crippen molar-refractivity contribution in [3.05, 3.63) is 35.9 Å². The molecule has 3 heteroatoms. The van der Waals surface area contributed by atoms with Crippen molar-refractivity contribution < 1.29 is 10.0 Å². The number of oxime groups is 1. The Balaban J connectivity index is 2.96. The number of benzene rings is 1. The Morgan fingerprint density at radius 1 is 1.29 bits per heavy atom. The van der Waals surface area contributed by atoms with Crippen molar-refractivity contribution in [2.45, 2.75) is 13.8 Å². The summed E-state index contributed by atoms with van der Waals surface area (Å²) in [6.07, 6.45) is 0. The van der Waals surface area contributed by atoms with Gasteiger partial charge in [-0.2, -0.15) is 0 Å². The maximum Gasteiger partial charge on any atom is 0.210 e. The van der Waals surface area contributed by atoms with E-state index >= 15 is 0 Å². The molecule has 0 aromatic heterocycles. The minimum atomic E-state index is -0.219. The number of hydrogen-bond donors (Lipinski definition) is 1. The third-order valence-electron chi connectivity index (χ3n) is 1.92. The molecule has 0 atom stereocenters. The van der Waals surface area contributed by atoms with E-state index in [-0.39, 0.29) is 17.4 Å². The fourth-order valence-corrected chi connectivity index (χ4v) is 1.16. The van der Waals surface area contributed by atoms with E-state index in [0.717, 1.165) is 0 Å². The van der Waals surface area contributed by atoms with Crippen LogP contribution in [0.2, 0.25) is 0 Å². The highest BCUT2D eigenvalue weighted by Crippen LogP contribution is 2.07. The van der Waals surface area contributed by atoms with Gasteiger partial charge >= 0.3 is 0 Å². The lowest BCUT2D eigenvalue weighted by atomic mass is 9.99. The van der Waals surface area contributed by atoms with Crippen LogP contribution in [0.15, 0.2) is 35.5 Å². The number of nitrogens with zero attached hydrogens (tertiary/aromatic N) is 1. The molecule has 0 bridgehead atoms. The zero-order valence-corrected chi connectivity index (χ0v) is 8.27. The van der Waals surface area contributed by atoms with Gasteiger partial charge in [0.1, 0.15) is 5.71 Å². The van der Waals surface area contributed by atoms with E-state index in [0.29, 0.717) is 5.56 Å². The van der Waals surface area contributed by atoms with Gasteiger partial charge in [-0.15, -0.1) is 0 Å². The normalized spacial score (nSPS) is 11.8. The second-order valence-corrected chi connectivity index (χ2v) is 3.34. The molecule has 74 valence electrons. The number of carbonyl (C=O) groups is 1. The lowest BCUT2D eigenvalue weighted by Gasteiger charge is -2.05. The van der Waals surface area contributed by atoms with Crippen molar-refractivity contribution in [3.8, 4) is 0 Å². The minimum absolute atomic E-state index is 0.0762. The van der Waals surface area contributed by atoms with E-state index in [4.69, 9.17) is 5.21 Å². The molecule has 0 saturated carbocycles. The largest absolute Gasteiger partial charge is 0.411 e. The van der Waals surface area contributed by atoms with Crippen molar-refractivity contribution in [3.63, 3.8) is 0 Å². The molecule has 14 heavy (non-hydrogen) atoms. The molecule has 0 unspecified atom stereocenters. The van der Waals surface area contributed by atoms with Crippen LogP contribution in [0.4, 0.5) is 0 Å². The SMILES string of the molecule is CC(C)C(=NO)C(=O)c1ccccc1. The third kappa shape index (κ3) is 2.19. The van der Waals surface area contributed by atoms with E-state index in [1.807, 2.05) is 19.9 Å². The van der Waals surface area contributed by atoms with Gasteiger partial charge in [0.25, 0.3) is 0 Å². The molecule has 0 aliphatic carbocycles. The smallest absolute Gasteiger partial charge is 0.210 e. The van der Waals surface area contributed by atoms with Gasteiger partial charge < -0.3 is 5.21 Å². The van der Waals surface area contributed by atoms with Crippen molar-refractivity contribution in [2.75, 3.05) is 0 Å². The average molecular weight is 191 g/mol. The predicted octanol–water partition coefficient (Wildman–Crippen LogP) is 2.36. The fourth-order valence-electron chi connectivity index (χ4n) is 1.16. The minimum Gasteiger partial charge on any atom is -0.411 e. The molecule has 3 nitrogen and oxygen atoms in total. The summed E-state index contributed by atoms with van der Waals surface area (Å²) in [4.78, 5) is 11.7. The van der Waals surface area contributed by atoms with Crippen molar-refractivity contribution in [2.24, 2.45) is 11.1 Å². The summed E-state index contributed by atoms with van der Waals surface area (Å²) in [6.45, 7) is 3.63. The van der Waals surface area contributed by atoms with Gasteiger partial charge in [0.05, 0.1) is 0 Å². The summed E-state index contributed by atoms with van der Waals surface area (Å²) in [7, 11) is 0. The van der Waals surface area contributed by atoms with E-state index in [1.165, 1.54) is 0 Å². The van der Waals surface area contributed by atoms with Crippen molar-refractivity contribution in [1.29, 1.82) is 0 Å². The standard InChI is InChI=1S/C11H13NO2/c1-8(2)10(12-14)11(13)9-6-4-3-5-7-9/h3-8,14H,1-2H3. The number of carbonyl (C=O) groups excluding carboxylic acids is 1. The highest BCUT2D eigenvalue weighted by atomic mass is 16.4. The van der Waals surface area contributed by atoms with Gasteiger partial charge in [-0.25, -0.2) is 0 Å². The summed E-state index contributed by atoms with van der Waals surface area (Å²) in [5.74, 6) is -0.296. The van der Waals surface area contributed by atoms with Crippen LogP contribution in [-0.2, 0) is 0 Å². The van der Waals surface area contributed by atoms with Gasteiger partial charge in [0.2, 0.25) is 5.78 Å². The fraction of sp³-hybridized carbons (Fsp3) is 0.273. The van der Waals surface area contributed by atoms with E-state index in [2.05, 4.69) is 5.16 Å². The van der Waals surface area contributed by atoms with E-state index < -0.39 is 0 Å². The van der Waals surface area contributed by atoms with Crippen molar-refractivity contribution >= 4 is 11.5 Å². The maximum absolute atomic E-state index is 11.7. The van der Waals surface area contributed by atoms with Crippen molar-refractivity contribution in [1.82, 2.24) is 0 Å². The van der Waals surface area contributed by atoms with Crippen LogP contribution in [0, 0.1) is 5.92 Å². The molecule has 0 saturated heterocycles. The molecule has 1 aromatic carbocycles. The summed E-state index contributed by atoms with van der Waals surface area (Å²) < 4.78 is 0. The van der Waals surface area contributed by atoms with Crippen LogP contribution >= 0.6 is 0 Å². The maximum atomic E-state index is 11.7.